The second-order valence-electron chi connectivity index (χ2n) is 2.40. The first-order valence-corrected chi connectivity index (χ1v) is 4.53. The smallest absolute Gasteiger partial charge is 0.358 e. The number of hydrogen-bond acceptors (Lipinski definition) is 11. The van der Waals surface area contributed by atoms with Gasteiger partial charge in [-0.2, -0.15) is 0 Å². The Morgan fingerprint density at radius 1 is 0.882 bits per heavy atom. The molecular formula is C4N6O6S. The van der Waals surface area contributed by atoms with Crippen LogP contribution in [0.15, 0.2) is 19.3 Å². The predicted molar refractivity (Wildman–Crippen MR) is 46.0 cm³/mol. The molecule has 0 aliphatic carbocycles. The largest absolute Gasteiger partial charge is 0.449 e. The molecule has 0 atom stereocenters. The third kappa shape index (κ3) is 2.03. The molecule has 88 valence electrons. The van der Waals surface area contributed by atoms with Gasteiger partial charge >= 0.3 is 11.6 Å². The van der Waals surface area contributed by atoms with Crippen LogP contribution in [-0.4, -0.2) is 30.5 Å². The Balaban J connectivity index is 2.32. The highest BCUT2D eigenvalue weighted by Gasteiger charge is 2.30. The molecule has 2 aromatic heterocycles. The summed E-state index contributed by atoms with van der Waals surface area (Å²) >= 11 is 0.493. The van der Waals surface area contributed by atoms with E-state index in [-0.39, 0.29) is 10.1 Å². The molecule has 12 nitrogen and oxygen atoms in total. The summed E-state index contributed by atoms with van der Waals surface area (Å²) in [7, 11) is 0. The Kier molecular flexibility index (Phi) is 2.65. The summed E-state index contributed by atoms with van der Waals surface area (Å²) in [4.78, 5) is 19.2. The minimum absolute atomic E-state index is 0.284. The minimum atomic E-state index is -0.849. The lowest BCUT2D eigenvalue weighted by Crippen LogP contribution is -1.92. The van der Waals surface area contributed by atoms with E-state index >= 15 is 0 Å². The molecule has 0 bridgehead atoms. The van der Waals surface area contributed by atoms with Crippen molar-refractivity contribution >= 4 is 23.4 Å². The number of aromatic nitrogens is 4. The molecule has 0 N–H and O–H groups in total. The SMILES string of the molecule is O=[N+]([O-])c1nonc1Sc1nonc1[N+](=O)[O-]. The molecular weight excluding hydrogens is 260 g/mol. The highest BCUT2D eigenvalue weighted by molar-refractivity contribution is 7.99. The van der Waals surface area contributed by atoms with Crippen molar-refractivity contribution in [3.05, 3.63) is 20.2 Å². The summed E-state index contributed by atoms with van der Waals surface area (Å²) in [6, 6.07) is 0. The lowest BCUT2D eigenvalue weighted by Gasteiger charge is -1.90. The Morgan fingerprint density at radius 3 is 1.65 bits per heavy atom. The standard InChI is InChI=1S/C4N6O6S/c11-9(12)1-3(7-15-5-1)17-4-2(10(13)14)6-16-8-4. The molecule has 17 heavy (non-hydrogen) atoms. The quantitative estimate of drug-likeness (QED) is 0.552. The fourth-order valence-electron chi connectivity index (χ4n) is 0.795. The zero-order valence-electron chi connectivity index (χ0n) is 7.54. The highest BCUT2D eigenvalue weighted by Crippen LogP contribution is 2.34. The van der Waals surface area contributed by atoms with Gasteiger partial charge in [0.2, 0.25) is 10.1 Å². The zero-order chi connectivity index (χ0) is 12.4. The normalized spacial score (nSPS) is 10.4. The highest BCUT2D eigenvalue weighted by atomic mass is 32.2. The first kappa shape index (κ1) is 10.9. The van der Waals surface area contributed by atoms with Gasteiger partial charge in [0.25, 0.3) is 0 Å². The second-order valence-corrected chi connectivity index (χ2v) is 3.38. The van der Waals surface area contributed by atoms with Gasteiger partial charge in [0.05, 0.1) is 0 Å². The van der Waals surface area contributed by atoms with Crippen molar-refractivity contribution < 1.29 is 19.1 Å². The lowest BCUT2D eigenvalue weighted by molar-refractivity contribution is -0.394. The van der Waals surface area contributed by atoms with Gasteiger partial charge in [-0.15, -0.1) is 9.26 Å². The maximum absolute atomic E-state index is 10.5. The maximum atomic E-state index is 10.5. The third-order valence-corrected chi connectivity index (χ3v) is 2.32. The first-order chi connectivity index (χ1) is 8.09. The molecule has 0 spiro atoms. The van der Waals surface area contributed by atoms with E-state index in [9.17, 15) is 20.2 Å². The fraction of sp³-hybridized carbons (Fsp3) is 0. The lowest BCUT2D eigenvalue weighted by atomic mass is 10.8. The van der Waals surface area contributed by atoms with Crippen molar-refractivity contribution in [1.29, 1.82) is 0 Å². The van der Waals surface area contributed by atoms with E-state index in [4.69, 9.17) is 0 Å². The van der Waals surface area contributed by atoms with Gasteiger partial charge in [0.1, 0.15) is 0 Å². The summed E-state index contributed by atoms with van der Waals surface area (Å²) in [5.74, 6) is -1.35. The van der Waals surface area contributed by atoms with Crippen LogP contribution >= 0.6 is 11.8 Å². The molecule has 0 fully saturated rings. The average molecular weight is 260 g/mol. The maximum Gasteiger partial charge on any atom is 0.449 e. The Morgan fingerprint density at radius 2 is 1.29 bits per heavy atom. The third-order valence-electron chi connectivity index (χ3n) is 1.42. The monoisotopic (exact) mass is 260 g/mol. The van der Waals surface area contributed by atoms with Crippen molar-refractivity contribution in [2.45, 2.75) is 10.1 Å². The Labute approximate surface area is 94.2 Å². The van der Waals surface area contributed by atoms with Crippen LogP contribution in [0, 0.1) is 20.2 Å². The molecule has 0 aromatic carbocycles. The average Bonchev–Trinajstić information content (AvgIpc) is 2.86. The van der Waals surface area contributed by atoms with E-state index in [1.165, 1.54) is 0 Å². The summed E-state index contributed by atoms with van der Waals surface area (Å²) in [6.45, 7) is 0. The van der Waals surface area contributed by atoms with Crippen molar-refractivity contribution in [2.75, 3.05) is 0 Å². The van der Waals surface area contributed by atoms with E-state index in [0.717, 1.165) is 0 Å². The minimum Gasteiger partial charge on any atom is -0.358 e. The molecule has 0 saturated carbocycles. The molecule has 2 aromatic rings. The van der Waals surface area contributed by atoms with Gasteiger partial charge in [-0.3, -0.25) is 0 Å². The van der Waals surface area contributed by atoms with Crippen molar-refractivity contribution in [3.63, 3.8) is 0 Å². The molecule has 2 rings (SSSR count). The van der Waals surface area contributed by atoms with Gasteiger partial charge in [-0.1, -0.05) is 0 Å². The van der Waals surface area contributed by atoms with Crippen LogP contribution in [0.5, 0.6) is 0 Å². The van der Waals surface area contributed by atoms with Gasteiger partial charge in [-0.05, 0) is 31.9 Å². The molecule has 0 aliphatic heterocycles. The van der Waals surface area contributed by atoms with E-state index < -0.39 is 21.5 Å². The predicted octanol–water partition coefficient (Wildman–Crippen LogP) is 0.420. The molecule has 0 aliphatic rings. The summed E-state index contributed by atoms with van der Waals surface area (Å²) in [5.41, 5.74) is 0. The topological polar surface area (TPSA) is 164 Å². The van der Waals surface area contributed by atoms with Crippen LogP contribution in [0.3, 0.4) is 0 Å². The van der Waals surface area contributed by atoms with E-state index in [0.29, 0.717) is 11.8 Å². The molecule has 13 heteroatoms. The Bertz CT molecular complexity index is 526. The van der Waals surface area contributed by atoms with Crippen molar-refractivity contribution in [2.24, 2.45) is 0 Å². The van der Waals surface area contributed by atoms with Crippen LogP contribution in [0.1, 0.15) is 0 Å². The number of hydrogen-bond donors (Lipinski definition) is 0. The molecule has 2 heterocycles. The van der Waals surface area contributed by atoms with Gasteiger partial charge in [-0.25, -0.2) is 0 Å². The zero-order valence-corrected chi connectivity index (χ0v) is 8.36. The van der Waals surface area contributed by atoms with Crippen LogP contribution < -0.4 is 0 Å². The molecule has 0 unspecified atom stereocenters. The van der Waals surface area contributed by atoms with Crippen molar-refractivity contribution in [3.8, 4) is 0 Å². The van der Waals surface area contributed by atoms with Crippen LogP contribution in [-0.2, 0) is 0 Å². The summed E-state index contributed by atoms with van der Waals surface area (Å²) in [6.07, 6.45) is 0. The molecule has 0 amide bonds. The van der Waals surface area contributed by atoms with Gasteiger partial charge in [0.15, 0.2) is 10.3 Å². The van der Waals surface area contributed by atoms with Crippen LogP contribution in [0.2, 0.25) is 0 Å². The number of nitrogens with zero attached hydrogens (tertiary/aromatic N) is 6. The second kappa shape index (κ2) is 4.12. The summed E-state index contributed by atoms with van der Waals surface area (Å²) < 4.78 is 8.29. The van der Waals surface area contributed by atoms with Crippen LogP contribution in [0.4, 0.5) is 11.6 Å². The van der Waals surface area contributed by atoms with Crippen molar-refractivity contribution in [1.82, 2.24) is 20.6 Å². The number of rotatable bonds is 4. The summed E-state index contributed by atoms with van der Waals surface area (Å²) in [5, 5.41) is 32.8. The number of nitro groups is 2. The van der Waals surface area contributed by atoms with Crippen LogP contribution in [0.25, 0.3) is 0 Å². The van der Waals surface area contributed by atoms with Gasteiger partial charge < -0.3 is 20.2 Å². The fourth-order valence-corrected chi connectivity index (χ4v) is 1.53. The molecule has 0 radical (unpaired) electrons. The van der Waals surface area contributed by atoms with E-state index in [2.05, 4.69) is 29.9 Å². The molecule has 0 saturated heterocycles. The first-order valence-electron chi connectivity index (χ1n) is 3.71. The Hall–Kier alpha value is -2.57. The van der Waals surface area contributed by atoms with Gasteiger partial charge in [0, 0.05) is 0 Å². The van der Waals surface area contributed by atoms with E-state index in [1.54, 1.807) is 0 Å². The van der Waals surface area contributed by atoms with E-state index in [1.807, 2.05) is 0 Å².